The SMILES string of the molecule is Cc1cccc(C)c1CN1Cc2ccccc2CC1CN. The number of hydrogen-bond donors (Lipinski definition) is 1. The Morgan fingerprint density at radius 1 is 1.00 bits per heavy atom. The Morgan fingerprint density at radius 3 is 2.33 bits per heavy atom. The van der Waals surface area contributed by atoms with Crippen LogP contribution in [0.25, 0.3) is 0 Å². The lowest BCUT2D eigenvalue weighted by Crippen LogP contribution is -2.44. The minimum Gasteiger partial charge on any atom is -0.329 e. The maximum absolute atomic E-state index is 6.04. The standard InChI is InChI=1S/C19H24N2/c1-14-6-5-7-15(2)19(14)13-21-12-17-9-4-3-8-16(17)10-18(21)11-20/h3-9,18H,10-13,20H2,1-2H3. The lowest BCUT2D eigenvalue weighted by molar-refractivity contribution is 0.166. The van der Waals surface area contributed by atoms with Crippen LogP contribution in [0.15, 0.2) is 42.5 Å². The summed E-state index contributed by atoms with van der Waals surface area (Å²) in [6.45, 7) is 7.13. The molecule has 1 heterocycles. The average molecular weight is 280 g/mol. The molecule has 1 aliphatic heterocycles. The molecular formula is C19H24N2. The first-order chi connectivity index (χ1) is 10.2. The van der Waals surface area contributed by atoms with Gasteiger partial charge in [-0.2, -0.15) is 0 Å². The van der Waals surface area contributed by atoms with Gasteiger partial charge in [0.1, 0.15) is 0 Å². The molecule has 2 heteroatoms. The number of aryl methyl sites for hydroxylation is 2. The Labute approximate surface area is 127 Å². The second-order valence-electron chi connectivity index (χ2n) is 6.14. The van der Waals surface area contributed by atoms with E-state index in [9.17, 15) is 0 Å². The molecule has 0 aliphatic carbocycles. The molecule has 1 atom stereocenters. The van der Waals surface area contributed by atoms with Crippen LogP contribution >= 0.6 is 0 Å². The highest BCUT2D eigenvalue weighted by Crippen LogP contribution is 2.26. The molecule has 0 saturated carbocycles. The van der Waals surface area contributed by atoms with E-state index in [1.807, 2.05) is 0 Å². The fraction of sp³-hybridized carbons (Fsp3) is 0.368. The number of benzene rings is 2. The van der Waals surface area contributed by atoms with Gasteiger partial charge in [0.2, 0.25) is 0 Å². The van der Waals surface area contributed by atoms with E-state index in [1.165, 1.54) is 27.8 Å². The molecule has 1 unspecified atom stereocenters. The molecule has 0 aromatic heterocycles. The highest BCUT2D eigenvalue weighted by atomic mass is 15.2. The second kappa shape index (κ2) is 6.00. The van der Waals surface area contributed by atoms with Crippen molar-refractivity contribution in [1.82, 2.24) is 4.90 Å². The summed E-state index contributed by atoms with van der Waals surface area (Å²) in [5, 5.41) is 0. The van der Waals surface area contributed by atoms with Gasteiger partial charge in [-0.25, -0.2) is 0 Å². The quantitative estimate of drug-likeness (QED) is 0.935. The third kappa shape index (κ3) is 2.87. The molecule has 0 radical (unpaired) electrons. The minimum atomic E-state index is 0.443. The Kier molecular flexibility index (Phi) is 4.09. The summed E-state index contributed by atoms with van der Waals surface area (Å²) in [6.07, 6.45) is 1.07. The third-order valence-electron chi connectivity index (χ3n) is 4.74. The molecule has 0 bridgehead atoms. The van der Waals surface area contributed by atoms with Crippen molar-refractivity contribution in [3.05, 3.63) is 70.3 Å². The normalized spacial score (nSPS) is 18.5. The second-order valence-corrected chi connectivity index (χ2v) is 6.14. The van der Waals surface area contributed by atoms with Crippen molar-refractivity contribution in [2.75, 3.05) is 6.54 Å². The molecule has 3 rings (SSSR count). The Bertz CT molecular complexity index is 613. The van der Waals surface area contributed by atoms with E-state index in [4.69, 9.17) is 5.73 Å². The zero-order valence-electron chi connectivity index (χ0n) is 13.0. The van der Waals surface area contributed by atoms with Crippen LogP contribution in [0.5, 0.6) is 0 Å². The molecule has 110 valence electrons. The Morgan fingerprint density at radius 2 is 1.67 bits per heavy atom. The zero-order valence-corrected chi connectivity index (χ0v) is 13.0. The van der Waals surface area contributed by atoms with Crippen molar-refractivity contribution in [2.45, 2.75) is 39.4 Å². The number of rotatable bonds is 3. The number of nitrogens with two attached hydrogens (primary N) is 1. The van der Waals surface area contributed by atoms with Crippen LogP contribution in [-0.4, -0.2) is 17.5 Å². The van der Waals surface area contributed by atoms with Gasteiger partial charge in [0.05, 0.1) is 0 Å². The number of hydrogen-bond acceptors (Lipinski definition) is 2. The van der Waals surface area contributed by atoms with E-state index in [1.54, 1.807) is 0 Å². The van der Waals surface area contributed by atoms with Crippen LogP contribution in [0.4, 0.5) is 0 Å². The van der Waals surface area contributed by atoms with Crippen LogP contribution in [0, 0.1) is 13.8 Å². The van der Waals surface area contributed by atoms with Gasteiger partial charge in [0.25, 0.3) is 0 Å². The first-order valence-corrected chi connectivity index (χ1v) is 7.75. The highest BCUT2D eigenvalue weighted by molar-refractivity contribution is 5.35. The molecule has 2 N–H and O–H groups in total. The summed E-state index contributed by atoms with van der Waals surface area (Å²) in [7, 11) is 0. The van der Waals surface area contributed by atoms with E-state index in [0.29, 0.717) is 6.04 Å². The van der Waals surface area contributed by atoms with Gasteiger partial charge in [0.15, 0.2) is 0 Å². The van der Waals surface area contributed by atoms with Crippen molar-refractivity contribution in [3.63, 3.8) is 0 Å². The molecule has 2 aromatic carbocycles. The van der Waals surface area contributed by atoms with E-state index < -0.39 is 0 Å². The van der Waals surface area contributed by atoms with Crippen LogP contribution in [0.3, 0.4) is 0 Å². The fourth-order valence-corrected chi connectivity index (χ4v) is 3.36. The predicted octanol–water partition coefficient (Wildman–Crippen LogP) is 3.19. The summed E-state index contributed by atoms with van der Waals surface area (Å²) in [4.78, 5) is 2.54. The average Bonchev–Trinajstić information content (AvgIpc) is 2.50. The maximum Gasteiger partial charge on any atom is 0.0265 e. The summed E-state index contributed by atoms with van der Waals surface area (Å²) in [6, 6.07) is 15.8. The molecule has 2 aromatic rings. The van der Waals surface area contributed by atoms with Crippen LogP contribution < -0.4 is 5.73 Å². The summed E-state index contributed by atoms with van der Waals surface area (Å²) in [5.41, 5.74) is 13.2. The van der Waals surface area contributed by atoms with Gasteiger partial charge < -0.3 is 5.73 Å². The number of fused-ring (bicyclic) bond motifs is 1. The smallest absolute Gasteiger partial charge is 0.0265 e. The first-order valence-electron chi connectivity index (χ1n) is 7.75. The van der Waals surface area contributed by atoms with Gasteiger partial charge in [-0.05, 0) is 48.1 Å². The van der Waals surface area contributed by atoms with E-state index in [0.717, 1.165) is 26.1 Å². The topological polar surface area (TPSA) is 29.3 Å². The van der Waals surface area contributed by atoms with Gasteiger partial charge in [-0.15, -0.1) is 0 Å². The molecular weight excluding hydrogens is 256 g/mol. The van der Waals surface area contributed by atoms with Crippen molar-refractivity contribution >= 4 is 0 Å². The van der Waals surface area contributed by atoms with E-state index in [2.05, 4.69) is 61.2 Å². The van der Waals surface area contributed by atoms with Crippen molar-refractivity contribution in [3.8, 4) is 0 Å². The lowest BCUT2D eigenvalue weighted by Gasteiger charge is -2.37. The summed E-state index contributed by atoms with van der Waals surface area (Å²) >= 11 is 0. The molecule has 0 amide bonds. The van der Waals surface area contributed by atoms with E-state index in [-0.39, 0.29) is 0 Å². The van der Waals surface area contributed by atoms with Crippen LogP contribution in [0.1, 0.15) is 27.8 Å². The predicted molar refractivity (Wildman–Crippen MR) is 88.2 cm³/mol. The van der Waals surface area contributed by atoms with Gasteiger partial charge in [-0.3, -0.25) is 4.90 Å². The van der Waals surface area contributed by atoms with Gasteiger partial charge in [-0.1, -0.05) is 42.5 Å². The molecule has 2 nitrogen and oxygen atoms in total. The van der Waals surface area contributed by atoms with Crippen LogP contribution in [0.2, 0.25) is 0 Å². The molecule has 0 fully saturated rings. The molecule has 0 spiro atoms. The largest absolute Gasteiger partial charge is 0.329 e. The zero-order chi connectivity index (χ0) is 14.8. The van der Waals surface area contributed by atoms with Crippen LogP contribution in [-0.2, 0) is 19.5 Å². The Hall–Kier alpha value is -1.64. The lowest BCUT2D eigenvalue weighted by atomic mass is 9.92. The van der Waals surface area contributed by atoms with Crippen molar-refractivity contribution < 1.29 is 0 Å². The first kappa shape index (κ1) is 14.3. The van der Waals surface area contributed by atoms with Gasteiger partial charge >= 0.3 is 0 Å². The van der Waals surface area contributed by atoms with E-state index >= 15 is 0 Å². The summed E-state index contributed by atoms with van der Waals surface area (Å²) in [5.74, 6) is 0. The third-order valence-corrected chi connectivity index (χ3v) is 4.74. The molecule has 0 saturated heterocycles. The summed E-state index contributed by atoms with van der Waals surface area (Å²) < 4.78 is 0. The fourth-order valence-electron chi connectivity index (χ4n) is 3.36. The van der Waals surface area contributed by atoms with Crippen molar-refractivity contribution in [1.29, 1.82) is 0 Å². The number of nitrogens with zero attached hydrogens (tertiary/aromatic N) is 1. The monoisotopic (exact) mass is 280 g/mol. The highest BCUT2D eigenvalue weighted by Gasteiger charge is 2.25. The minimum absolute atomic E-state index is 0.443. The van der Waals surface area contributed by atoms with Crippen molar-refractivity contribution in [2.24, 2.45) is 5.73 Å². The molecule has 21 heavy (non-hydrogen) atoms. The Balaban J connectivity index is 1.88. The maximum atomic E-state index is 6.04. The van der Waals surface area contributed by atoms with Gasteiger partial charge in [0, 0.05) is 25.7 Å². The molecule has 1 aliphatic rings.